The summed E-state index contributed by atoms with van der Waals surface area (Å²) in [4.78, 5) is 33.7. The smallest absolute Gasteiger partial charge is 0.325 e. The molecule has 6 nitrogen and oxygen atoms in total. The lowest BCUT2D eigenvalue weighted by molar-refractivity contribution is -0.158. The van der Waals surface area contributed by atoms with E-state index in [9.17, 15) is 14.4 Å². The van der Waals surface area contributed by atoms with Gasteiger partial charge in [0, 0.05) is 19.6 Å². The lowest BCUT2D eigenvalue weighted by Gasteiger charge is -2.17. The Hall–Kier alpha value is -1.08. The summed E-state index contributed by atoms with van der Waals surface area (Å²) in [7, 11) is 0. The standard InChI is InChI=1S/C8H14N2O4S/c1-5(11)10(6(2)12)4-14-8(13)7(9)3-15/h7,15H,3-4,9H2,1-2H3. The molecule has 0 fully saturated rings. The van der Waals surface area contributed by atoms with Crippen molar-refractivity contribution in [3.8, 4) is 0 Å². The second-order valence-corrected chi connectivity index (χ2v) is 3.21. The molecule has 1 unspecified atom stereocenters. The number of hydrogen-bond acceptors (Lipinski definition) is 6. The molecule has 2 amide bonds. The van der Waals surface area contributed by atoms with Crippen molar-refractivity contribution in [2.24, 2.45) is 5.73 Å². The quantitative estimate of drug-likeness (QED) is 0.375. The lowest BCUT2D eigenvalue weighted by Crippen LogP contribution is -2.40. The predicted molar refractivity (Wildman–Crippen MR) is 56.0 cm³/mol. The number of hydrogen-bond donors (Lipinski definition) is 2. The third-order valence-electron chi connectivity index (χ3n) is 1.60. The van der Waals surface area contributed by atoms with Gasteiger partial charge in [0.25, 0.3) is 0 Å². The van der Waals surface area contributed by atoms with Crippen LogP contribution in [0.4, 0.5) is 0 Å². The average Bonchev–Trinajstić information content (AvgIpc) is 2.15. The summed E-state index contributed by atoms with van der Waals surface area (Å²) in [6.45, 7) is 1.99. The molecule has 0 aromatic rings. The predicted octanol–water partition coefficient (Wildman–Crippen LogP) is -0.861. The third kappa shape index (κ3) is 4.80. The zero-order valence-electron chi connectivity index (χ0n) is 8.60. The van der Waals surface area contributed by atoms with Crippen molar-refractivity contribution in [1.29, 1.82) is 0 Å². The molecular weight excluding hydrogens is 220 g/mol. The van der Waals surface area contributed by atoms with Crippen molar-refractivity contribution in [2.75, 3.05) is 12.5 Å². The highest BCUT2D eigenvalue weighted by Gasteiger charge is 2.18. The zero-order chi connectivity index (χ0) is 12.0. The first-order valence-electron chi connectivity index (χ1n) is 4.22. The third-order valence-corrected chi connectivity index (χ3v) is 1.99. The van der Waals surface area contributed by atoms with Crippen LogP contribution in [0.25, 0.3) is 0 Å². The van der Waals surface area contributed by atoms with Gasteiger partial charge >= 0.3 is 5.97 Å². The molecule has 0 rings (SSSR count). The molecule has 0 aliphatic carbocycles. The molecule has 0 saturated heterocycles. The Balaban J connectivity index is 4.17. The van der Waals surface area contributed by atoms with E-state index in [1.807, 2.05) is 0 Å². The number of nitrogens with two attached hydrogens (primary N) is 1. The van der Waals surface area contributed by atoms with E-state index in [-0.39, 0.29) is 5.75 Å². The summed E-state index contributed by atoms with van der Waals surface area (Å²) >= 11 is 3.81. The highest BCUT2D eigenvalue weighted by Crippen LogP contribution is 1.95. The second kappa shape index (κ2) is 6.41. The van der Waals surface area contributed by atoms with E-state index < -0.39 is 30.6 Å². The van der Waals surface area contributed by atoms with Crippen LogP contribution in [0.5, 0.6) is 0 Å². The molecule has 0 bridgehead atoms. The fourth-order valence-electron chi connectivity index (χ4n) is 0.713. The van der Waals surface area contributed by atoms with Crippen molar-refractivity contribution in [2.45, 2.75) is 19.9 Å². The minimum absolute atomic E-state index is 0.138. The maximum Gasteiger partial charge on any atom is 0.325 e. The molecule has 0 aliphatic heterocycles. The van der Waals surface area contributed by atoms with Gasteiger partial charge in [0.15, 0.2) is 6.73 Å². The first kappa shape index (κ1) is 13.9. The van der Waals surface area contributed by atoms with Gasteiger partial charge in [-0.2, -0.15) is 12.6 Å². The second-order valence-electron chi connectivity index (χ2n) is 2.85. The molecule has 0 aromatic heterocycles. The molecular formula is C8H14N2O4S. The largest absolute Gasteiger partial charge is 0.443 e. The van der Waals surface area contributed by atoms with Crippen molar-refractivity contribution in [3.05, 3.63) is 0 Å². The van der Waals surface area contributed by atoms with E-state index in [0.717, 1.165) is 4.90 Å². The molecule has 15 heavy (non-hydrogen) atoms. The van der Waals surface area contributed by atoms with Crippen molar-refractivity contribution in [1.82, 2.24) is 4.90 Å². The maximum absolute atomic E-state index is 11.1. The monoisotopic (exact) mass is 234 g/mol. The number of carbonyl (C=O) groups excluding carboxylic acids is 3. The van der Waals surface area contributed by atoms with E-state index in [2.05, 4.69) is 17.4 Å². The Labute approximate surface area is 93.1 Å². The zero-order valence-corrected chi connectivity index (χ0v) is 9.49. The number of imide groups is 1. The minimum Gasteiger partial charge on any atom is -0.443 e. The van der Waals surface area contributed by atoms with Crippen LogP contribution in [0.15, 0.2) is 0 Å². The molecule has 0 spiro atoms. The first-order chi connectivity index (χ1) is 6.90. The number of amides is 2. The summed E-state index contributed by atoms with van der Waals surface area (Å²) in [5.41, 5.74) is 5.32. The lowest BCUT2D eigenvalue weighted by atomic mass is 10.4. The first-order valence-corrected chi connectivity index (χ1v) is 4.85. The normalized spacial score (nSPS) is 11.7. The molecule has 1 atom stereocenters. The molecule has 7 heteroatoms. The van der Waals surface area contributed by atoms with Crippen molar-refractivity contribution >= 4 is 30.4 Å². The van der Waals surface area contributed by atoms with E-state index in [0.29, 0.717) is 0 Å². The van der Waals surface area contributed by atoms with Gasteiger partial charge < -0.3 is 10.5 Å². The Morgan fingerprint density at radius 1 is 1.33 bits per heavy atom. The molecule has 86 valence electrons. The van der Waals surface area contributed by atoms with Gasteiger partial charge in [0.05, 0.1) is 0 Å². The summed E-state index contributed by atoms with van der Waals surface area (Å²) in [5, 5.41) is 0. The molecule has 0 radical (unpaired) electrons. The number of thiol groups is 1. The fraction of sp³-hybridized carbons (Fsp3) is 0.625. The summed E-state index contributed by atoms with van der Waals surface area (Å²) < 4.78 is 4.65. The van der Waals surface area contributed by atoms with E-state index in [1.54, 1.807) is 0 Å². The van der Waals surface area contributed by atoms with Crippen LogP contribution in [-0.2, 0) is 19.1 Å². The maximum atomic E-state index is 11.1. The van der Waals surface area contributed by atoms with Crippen LogP contribution in [0.1, 0.15) is 13.8 Å². The van der Waals surface area contributed by atoms with Crippen LogP contribution in [-0.4, -0.2) is 41.2 Å². The summed E-state index contributed by atoms with van der Waals surface area (Å²) in [6.07, 6.45) is 0. The highest BCUT2D eigenvalue weighted by molar-refractivity contribution is 7.80. The van der Waals surface area contributed by atoms with Gasteiger partial charge in [-0.05, 0) is 0 Å². The van der Waals surface area contributed by atoms with Crippen LogP contribution < -0.4 is 5.73 Å². The van der Waals surface area contributed by atoms with Crippen LogP contribution >= 0.6 is 12.6 Å². The molecule has 2 N–H and O–H groups in total. The van der Waals surface area contributed by atoms with E-state index in [4.69, 9.17) is 5.73 Å². The van der Waals surface area contributed by atoms with Crippen LogP contribution in [0.2, 0.25) is 0 Å². The number of rotatable bonds is 4. The van der Waals surface area contributed by atoms with E-state index >= 15 is 0 Å². The SMILES string of the molecule is CC(=O)N(COC(=O)C(N)CS)C(C)=O. The number of nitrogens with zero attached hydrogens (tertiary/aromatic N) is 1. The highest BCUT2D eigenvalue weighted by atomic mass is 32.1. The van der Waals surface area contributed by atoms with Crippen molar-refractivity contribution < 1.29 is 19.1 Å². The molecule has 0 heterocycles. The van der Waals surface area contributed by atoms with Gasteiger partial charge in [-0.15, -0.1) is 0 Å². The summed E-state index contributed by atoms with van der Waals surface area (Å²) in [5.74, 6) is -1.54. The van der Waals surface area contributed by atoms with Gasteiger partial charge in [-0.25, -0.2) is 4.90 Å². The van der Waals surface area contributed by atoms with Gasteiger partial charge in [0.2, 0.25) is 11.8 Å². The van der Waals surface area contributed by atoms with E-state index in [1.165, 1.54) is 13.8 Å². The average molecular weight is 234 g/mol. The fourth-order valence-corrected chi connectivity index (χ4v) is 0.862. The number of carbonyl (C=O) groups is 3. The number of ether oxygens (including phenoxy) is 1. The molecule has 0 aromatic carbocycles. The van der Waals surface area contributed by atoms with Gasteiger partial charge in [-0.1, -0.05) is 0 Å². The summed E-state index contributed by atoms with van der Waals surface area (Å²) in [6, 6.07) is -0.853. The Bertz CT molecular complexity index is 255. The van der Waals surface area contributed by atoms with Gasteiger partial charge in [0.1, 0.15) is 6.04 Å². The van der Waals surface area contributed by atoms with Crippen LogP contribution in [0.3, 0.4) is 0 Å². The van der Waals surface area contributed by atoms with Crippen LogP contribution in [0, 0.1) is 0 Å². The Kier molecular flexibility index (Phi) is 5.95. The minimum atomic E-state index is -0.853. The molecule has 0 saturated carbocycles. The van der Waals surface area contributed by atoms with Crippen molar-refractivity contribution in [3.63, 3.8) is 0 Å². The molecule has 0 aliphatic rings. The topological polar surface area (TPSA) is 89.7 Å². The number of esters is 1. The van der Waals surface area contributed by atoms with Gasteiger partial charge in [-0.3, -0.25) is 14.4 Å². The Morgan fingerprint density at radius 3 is 2.13 bits per heavy atom. The Morgan fingerprint density at radius 2 is 1.80 bits per heavy atom.